The molecule has 0 amide bonds. The van der Waals surface area contributed by atoms with Gasteiger partial charge in [-0.15, -0.1) is 0 Å². The van der Waals surface area contributed by atoms with Crippen LogP contribution in [0, 0.1) is 0 Å². The van der Waals surface area contributed by atoms with Gasteiger partial charge in [0.25, 0.3) is 0 Å². The van der Waals surface area contributed by atoms with Gasteiger partial charge in [0.1, 0.15) is 22.3 Å². The first-order valence-electron chi connectivity index (χ1n) is 16.6. The summed E-state index contributed by atoms with van der Waals surface area (Å²) in [6, 6.07) is 55.8. The molecular weight excluding hydrogens is 615 g/mol. The van der Waals surface area contributed by atoms with E-state index in [1.54, 1.807) is 0 Å². The summed E-state index contributed by atoms with van der Waals surface area (Å²) in [6.45, 7) is 0. The summed E-state index contributed by atoms with van der Waals surface area (Å²) in [6.07, 6.45) is 0. The molecule has 0 aliphatic rings. The fraction of sp³-hybridized carbons (Fsp3) is 0. The maximum Gasteiger partial charge on any atom is 0.167 e. The van der Waals surface area contributed by atoms with Crippen molar-refractivity contribution in [1.29, 1.82) is 0 Å². The standard InChI is InChI=1S/C45H27N3O2/c1-3-11-28(12-4-1)29-21-23-30(24-22-29)32-25-26-35-40(27-32)49-39-20-10-17-36(41(35)39)44-46-43(31-13-5-2-6-14-31)47-45(48-44)37-18-9-16-34-33-15-7-8-19-38(33)50-42(34)37/h1-27H. The predicted molar refractivity (Wildman–Crippen MR) is 202 cm³/mol. The van der Waals surface area contributed by atoms with Crippen LogP contribution in [0.4, 0.5) is 0 Å². The van der Waals surface area contributed by atoms with Crippen LogP contribution in [-0.2, 0) is 0 Å². The second kappa shape index (κ2) is 11.4. The third-order valence-corrected chi connectivity index (χ3v) is 9.38. The average molecular weight is 642 g/mol. The van der Waals surface area contributed by atoms with Crippen molar-refractivity contribution in [3.05, 3.63) is 164 Å². The van der Waals surface area contributed by atoms with Crippen molar-refractivity contribution in [2.75, 3.05) is 0 Å². The van der Waals surface area contributed by atoms with Gasteiger partial charge < -0.3 is 8.83 Å². The highest BCUT2D eigenvalue weighted by atomic mass is 16.3. The Bertz CT molecular complexity index is 2850. The zero-order valence-corrected chi connectivity index (χ0v) is 26.7. The van der Waals surface area contributed by atoms with Crippen LogP contribution in [0.25, 0.3) is 100 Å². The van der Waals surface area contributed by atoms with Crippen LogP contribution in [0.5, 0.6) is 0 Å². The second-order valence-electron chi connectivity index (χ2n) is 12.4. The molecule has 5 heteroatoms. The number of hydrogen-bond donors (Lipinski definition) is 0. The lowest BCUT2D eigenvalue weighted by molar-refractivity contribution is 0.668. The molecule has 0 spiro atoms. The van der Waals surface area contributed by atoms with Gasteiger partial charge in [-0.2, -0.15) is 0 Å². The average Bonchev–Trinajstić information content (AvgIpc) is 3.77. The Morgan fingerprint density at radius 1 is 0.320 bits per heavy atom. The van der Waals surface area contributed by atoms with Gasteiger partial charge in [0, 0.05) is 32.7 Å². The Morgan fingerprint density at radius 2 is 0.880 bits per heavy atom. The largest absolute Gasteiger partial charge is 0.456 e. The number of hydrogen-bond acceptors (Lipinski definition) is 5. The highest BCUT2D eigenvalue weighted by Gasteiger charge is 2.20. The fourth-order valence-corrected chi connectivity index (χ4v) is 6.93. The van der Waals surface area contributed by atoms with E-state index in [9.17, 15) is 0 Å². The van der Waals surface area contributed by atoms with Crippen molar-refractivity contribution in [1.82, 2.24) is 15.0 Å². The van der Waals surface area contributed by atoms with Crippen molar-refractivity contribution in [2.24, 2.45) is 0 Å². The molecule has 0 unspecified atom stereocenters. The van der Waals surface area contributed by atoms with Gasteiger partial charge in [-0.05, 0) is 52.6 Å². The molecule has 0 radical (unpaired) electrons. The van der Waals surface area contributed by atoms with Gasteiger partial charge in [-0.3, -0.25) is 0 Å². The molecule has 0 saturated heterocycles. The molecule has 0 bridgehead atoms. The molecule has 3 heterocycles. The lowest BCUT2D eigenvalue weighted by Gasteiger charge is -2.09. The van der Waals surface area contributed by atoms with E-state index in [0.717, 1.165) is 71.7 Å². The maximum atomic E-state index is 6.50. The van der Waals surface area contributed by atoms with Crippen LogP contribution in [0.15, 0.2) is 173 Å². The third kappa shape index (κ3) is 4.67. The summed E-state index contributed by atoms with van der Waals surface area (Å²) >= 11 is 0. The van der Waals surface area contributed by atoms with Gasteiger partial charge in [0.15, 0.2) is 17.5 Å². The number of furan rings is 2. The van der Waals surface area contributed by atoms with Crippen LogP contribution >= 0.6 is 0 Å². The fourth-order valence-electron chi connectivity index (χ4n) is 6.93. The number of aromatic nitrogens is 3. The lowest BCUT2D eigenvalue weighted by Crippen LogP contribution is -2.00. The number of nitrogens with zero attached hydrogens (tertiary/aromatic N) is 3. The minimum Gasteiger partial charge on any atom is -0.456 e. The summed E-state index contributed by atoms with van der Waals surface area (Å²) in [5.74, 6) is 1.70. The molecule has 50 heavy (non-hydrogen) atoms. The summed E-state index contributed by atoms with van der Waals surface area (Å²) in [5.41, 5.74) is 10.4. The zero-order valence-electron chi connectivity index (χ0n) is 26.7. The first-order valence-corrected chi connectivity index (χ1v) is 16.6. The number of benzene rings is 7. The molecule has 10 aromatic rings. The maximum absolute atomic E-state index is 6.50. The van der Waals surface area contributed by atoms with Crippen molar-refractivity contribution < 1.29 is 8.83 Å². The molecule has 7 aromatic carbocycles. The van der Waals surface area contributed by atoms with E-state index < -0.39 is 0 Å². The molecule has 5 nitrogen and oxygen atoms in total. The van der Waals surface area contributed by atoms with Crippen LogP contribution < -0.4 is 0 Å². The molecular formula is C45H27N3O2. The van der Waals surface area contributed by atoms with E-state index in [-0.39, 0.29) is 0 Å². The minimum absolute atomic E-state index is 0.546. The van der Waals surface area contributed by atoms with E-state index in [2.05, 4.69) is 84.9 Å². The van der Waals surface area contributed by atoms with Crippen molar-refractivity contribution in [2.45, 2.75) is 0 Å². The van der Waals surface area contributed by atoms with Gasteiger partial charge >= 0.3 is 0 Å². The lowest BCUT2D eigenvalue weighted by atomic mass is 9.99. The monoisotopic (exact) mass is 641 g/mol. The smallest absolute Gasteiger partial charge is 0.167 e. The molecule has 0 saturated carbocycles. The Hall–Kier alpha value is -6.85. The normalized spacial score (nSPS) is 11.6. The summed E-state index contributed by atoms with van der Waals surface area (Å²) < 4.78 is 12.9. The number of para-hydroxylation sites is 2. The summed E-state index contributed by atoms with van der Waals surface area (Å²) in [7, 11) is 0. The van der Waals surface area contributed by atoms with Gasteiger partial charge in [0.05, 0.1) is 5.56 Å². The molecule has 10 rings (SSSR count). The topological polar surface area (TPSA) is 65.0 Å². The Balaban J connectivity index is 1.13. The quantitative estimate of drug-likeness (QED) is 0.187. The highest BCUT2D eigenvalue weighted by molar-refractivity contribution is 6.13. The van der Waals surface area contributed by atoms with Crippen LogP contribution in [0.3, 0.4) is 0 Å². The number of rotatable bonds is 5. The summed E-state index contributed by atoms with van der Waals surface area (Å²) in [4.78, 5) is 15.2. The predicted octanol–water partition coefficient (Wildman–Crippen LogP) is 12.0. The van der Waals surface area contributed by atoms with Crippen molar-refractivity contribution in [3.63, 3.8) is 0 Å². The molecule has 0 N–H and O–H groups in total. The van der Waals surface area contributed by atoms with Crippen LogP contribution in [0.1, 0.15) is 0 Å². The van der Waals surface area contributed by atoms with E-state index >= 15 is 0 Å². The Labute approximate surface area is 287 Å². The molecule has 0 aliphatic heterocycles. The van der Waals surface area contributed by atoms with Gasteiger partial charge in [-0.25, -0.2) is 15.0 Å². The first kappa shape index (κ1) is 28.2. The second-order valence-corrected chi connectivity index (χ2v) is 12.4. The molecule has 234 valence electrons. The number of fused-ring (bicyclic) bond motifs is 6. The van der Waals surface area contributed by atoms with Gasteiger partial charge in [0.2, 0.25) is 0 Å². The minimum atomic E-state index is 0.546. The third-order valence-electron chi connectivity index (χ3n) is 9.38. The first-order chi connectivity index (χ1) is 24.8. The Kier molecular flexibility index (Phi) is 6.42. The molecule has 0 atom stereocenters. The van der Waals surface area contributed by atoms with Crippen molar-refractivity contribution in [3.8, 4) is 56.4 Å². The highest BCUT2D eigenvalue weighted by Crippen LogP contribution is 2.40. The van der Waals surface area contributed by atoms with Crippen molar-refractivity contribution >= 4 is 43.9 Å². The van der Waals surface area contributed by atoms with Crippen LogP contribution in [-0.4, -0.2) is 15.0 Å². The van der Waals surface area contributed by atoms with Gasteiger partial charge in [-0.1, -0.05) is 133 Å². The van der Waals surface area contributed by atoms with E-state index in [4.69, 9.17) is 23.8 Å². The Morgan fingerprint density at radius 3 is 1.68 bits per heavy atom. The SMILES string of the molecule is c1ccc(-c2ccc(-c3ccc4c(c3)oc3cccc(-c5nc(-c6ccccc6)nc(-c6cccc7c6oc6ccccc67)n5)c34)cc2)cc1. The molecule has 0 fully saturated rings. The van der Waals surface area contributed by atoms with Crippen LogP contribution in [0.2, 0.25) is 0 Å². The molecule has 0 aliphatic carbocycles. The van der Waals surface area contributed by atoms with E-state index in [1.165, 1.54) is 11.1 Å². The van der Waals surface area contributed by atoms with E-state index in [0.29, 0.717) is 17.5 Å². The zero-order chi connectivity index (χ0) is 33.0. The molecule has 3 aromatic heterocycles. The van der Waals surface area contributed by atoms with E-state index in [1.807, 2.05) is 78.9 Å². The summed E-state index contributed by atoms with van der Waals surface area (Å²) in [5, 5.41) is 4.05.